The zero-order valence-electron chi connectivity index (χ0n) is 25.8. The predicted molar refractivity (Wildman–Crippen MR) is 175 cm³/mol. The van der Waals surface area contributed by atoms with Crippen molar-refractivity contribution in [2.45, 2.75) is 46.3 Å². The number of ether oxygens (including phenoxy) is 2. The van der Waals surface area contributed by atoms with E-state index >= 15 is 0 Å². The number of urea groups is 1. The molecule has 9 nitrogen and oxygen atoms in total. The molecule has 3 aromatic heterocycles. The molecule has 0 fully saturated rings. The average Bonchev–Trinajstić information content (AvgIpc) is 3.04. The molecule has 2 aromatic carbocycles. The molecule has 0 aliphatic rings. The van der Waals surface area contributed by atoms with Crippen LogP contribution in [-0.2, 0) is 19.5 Å². The van der Waals surface area contributed by atoms with E-state index in [1.807, 2.05) is 68.7 Å². The van der Waals surface area contributed by atoms with Crippen molar-refractivity contribution < 1.29 is 14.3 Å². The Labute approximate surface area is 258 Å². The number of fused-ring (bicyclic) bond motifs is 1. The van der Waals surface area contributed by atoms with E-state index < -0.39 is 0 Å². The maximum absolute atomic E-state index is 12.5. The van der Waals surface area contributed by atoms with Crippen molar-refractivity contribution in [3.63, 3.8) is 0 Å². The van der Waals surface area contributed by atoms with Crippen LogP contribution in [0.25, 0.3) is 22.0 Å². The van der Waals surface area contributed by atoms with Crippen LogP contribution in [0.3, 0.4) is 0 Å². The molecule has 0 aliphatic carbocycles. The molecule has 9 heteroatoms. The summed E-state index contributed by atoms with van der Waals surface area (Å²) < 4.78 is 10.8. The van der Waals surface area contributed by atoms with Crippen LogP contribution in [0.5, 0.6) is 11.5 Å². The molecule has 0 saturated heterocycles. The van der Waals surface area contributed by atoms with Gasteiger partial charge in [0.15, 0.2) is 0 Å². The third kappa shape index (κ3) is 7.23. The molecule has 44 heavy (non-hydrogen) atoms. The van der Waals surface area contributed by atoms with Crippen LogP contribution in [0, 0.1) is 0 Å². The zero-order valence-corrected chi connectivity index (χ0v) is 25.8. The first-order valence-electron chi connectivity index (χ1n) is 14.7. The van der Waals surface area contributed by atoms with Gasteiger partial charge in [0.1, 0.15) is 23.1 Å². The number of hydrogen-bond acceptors (Lipinski definition) is 7. The smallest absolute Gasteiger partial charge is 0.320 e. The first-order chi connectivity index (χ1) is 21.4. The molecule has 5 rings (SSSR count). The number of nitrogens with zero attached hydrogens (tertiary/aromatic N) is 4. The van der Waals surface area contributed by atoms with Crippen molar-refractivity contribution in [1.82, 2.24) is 20.3 Å². The van der Waals surface area contributed by atoms with Gasteiger partial charge < -0.3 is 19.7 Å². The van der Waals surface area contributed by atoms with Gasteiger partial charge in [-0.3, -0.25) is 10.3 Å². The molecule has 0 radical (unpaired) electrons. The molecular weight excluding hydrogens is 552 g/mol. The van der Waals surface area contributed by atoms with E-state index in [0.717, 1.165) is 62.5 Å². The summed E-state index contributed by atoms with van der Waals surface area (Å²) >= 11 is 0. The number of anilines is 2. The van der Waals surface area contributed by atoms with Gasteiger partial charge in [-0.05, 0) is 84.8 Å². The summed E-state index contributed by atoms with van der Waals surface area (Å²) in [5.41, 5.74) is 5.13. The van der Waals surface area contributed by atoms with Gasteiger partial charge >= 0.3 is 6.03 Å². The first kappa shape index (κ1) is 30.3. The van der Waals surface area contributed by atoms with Crippen LogP contribution in [-0.4, -0.2) is 41.2 Å². The highest BCUT2D eigenvalue weighted by Crippen LogP contribution is 2.34. The number of rotatable bonds is 11. The van der Waals surface area contributed by atoms with Crippen LogP contribution >= 0.6 is 0 Å². The number of carbonyl (C=O) groups is 1. The van der Waals surface area contributed by atoms with E-state index in [1.165, 1.54) is 0 Å². The Morgan fingerprint density at radius 1 is 0.886 bits per heavy atom. The number of hydrogen-bond donors (Lipinski definition) is 2. The number of pyridine rings is 3. The Balaban J connectivity index is 1.65. The first-order valence-corrected chi connectivity index (χ1v) is 14.7. The summed E-state index contributed by atoms with van der Waals surface area (Å²) in [6, 6.07) is 21.8. The average molecular weight is 591 g/mol. The Kier molecular flexibility index (Phi) is 9.54. The summed E-state index contributed by atoms with van der Waals surface area (Å²) in [4.78, 5) is 29.0. The quantitative estimate of drug-likeness (QED) is 0.171. The van der Waals surface area contributed by atoms with Crippen molar-refractivity contribution in [1.29, 1.82) is 0 Å². The molecule has 3 heterocycles. The lowest BCUT2D eigenvalue weighted by Gasteiger charge is -2.26. The van der Waals surface area contributed by atoms with Gasteiger partial charge in [-0.2, -0.15) is 0 Å². The van der Waals surface area contributed by atoms with Crippen LogP contribution in [0.2, 0.25) is 0 Å². The van der Waals surface area contributed by atoms with Crippen molar-refractivity contribution in [3.05, 3.63) is 102 Å². The number of aryl methyl sites for hydroxylation is 1. The van der Waals surface area contributed by atoms with E-state index in [2.05, 4.69) is 56.7 Å². The second-order valence-electron chi connectivity index (χ2n) is 10.8. The minimum atomic E-state index is -0.303. The third-order valence-corrected chi connectivity index (χ3v) is 7.29. The van der Waals surface area contributed by atoms with Crippen LogP contribution in [0.4, 0.5) is 16.4 Å². The summed E-state index contributed by atoms with van der Waals surface area (Å²) in [5, 5.41) is 7.49. The van der Waals surface area contributed by atoms with Crippen LogP contribution in [0.1, 0.15) is 37.5 Å². The summed E-state index contributed by atoms with van der Waals surface area (Å²) in [7, 11) is 3.33. The SMILES string of the molecule is CCc1ccncc1-c1cc2cc(NC(=O)NC(C)C)ncc2c(N(Cc2ccc(OC)cc2)Cc2ccc(OC)cc2)n1. The second kappa shape index (κ2) is 13.9. The maximum atomic E-state index is 12.5. The molecule has 0 atom stereocenters. The topological polar surface area (TPSA) is 102 Å². The lowest BCUT2D eigenvalue weighted by Crippen LogP contribution is -2.34. The fraction of sp³-hybridized carbons (Fsp3) is 0.257. The number of amides is 2. The number of aromatic nitrogens is 3. The number of carbonyl (C=O) groups excluding carboxylic acids is 1. The van der Waals surface area contributed by atoms with Gasteiger partial charge in [0, 0.05) is 48.7 Å². The zero-order chi connectivity index (χ0) is 31.1. The van der Waals surface area contributed by atoms with Gasteiger partial charge in [-0.1, -0.05) is 31.2 Å². The molecule has 2 N–H and O–H groups in total. The molecular formula is C35H38N6O3. The fourth-order valence-corrected chi connectivity index (χ4v) is 5.06. The standard InChI is InChI=1S/C35H38N6O3/c1-6-26-15-16-36-19-30(26)32-17-27-18-33(40-35(42)38-23(2)3)37-20-31(27)34(39-32)41(21-24-7-11-28(43-4)12-8-24)22-25-9-13-29(44-5)14-10-25/h7-20,23H,6,21-22H2,1-5H3,(H2,37,38,40,42). The van der Waals surface area contributed by atoms with Crippen molar-refractivity contribution in [2.75, 3.05) is 24.4 Å². The monoisotopic (exact) mass is 590 g/mol. The van der Waals surface area contributed by atoms with E-state index in [0.29, 0.717) is 18.9 Å². The van der Waals surface area contributed by atoms with Gasteiger partial charge in [-0.25, -0.2) is 14.8 Å². The highest BCUT2D eigenvalue weighted by molar-refractivity contribution is 5.98. The van der Waals surface area contributed by atoms with E-state index in [4.69, 9.17) is 14.5 Å². The van der Waals surface area contributed by atoms with Crippen LogP contribution < -0.4 is 25.0 Å². The van der Waals surface area contributed by atoms with Crippen LogP contribution in [0.15, 0.2) is 85.3 Å². The fourth-order valence-electron chi connectivity index (χ4n) is 5.06. The molecule has 0 saturated carbocycles. The summed E-state index contributed by atoms with van der Waals surface area (Å²) in [5.74, 6) is 2.84. The Bertz CT molecular complexity index is 1670. The third-order valence-electron chi connectivity index (χ3n) is 7.29. The Hall–Kier alpha value is -5.18. The largest absolute Gasteiger partial charge is 0.497 e. The minimum Gasteiger partial charge on any atom is -0.497 e. The van der Waals surface area contributed by atoms with Crippen molar-refractivity contribution >= 4 is 28.4 Å². The molecule has 5 aromatic rings. The minimum absolute atomic E-state index is 0.000347. The Morgan fingerprint density at radius 2 is 1.52 bits per heavy atom. The number of nitrogens with one attached hydrogen (secondary N) is 2. The molecule has 0 bridgehead atoms. The molecule has 2 amide bonds. The van der Waals surface area contributed by atoms with E-state index in [-0.39, 0.29) is 12.1 Å². The van der Waals surface area contributed by atoms with E-state index in [9.17, 15) is 4.79 Å². The lowest BCUT2D eigenvalue weighted by molar-refractivity contribution is 0.250. The van der Waals surface area contributed by atoms with Gasteiger partial charge in [0.2, 0.25) is 0 Å². The Morgan fingerprint density at radius 3 is 2.09 bits per heavy atom. The van der Waals surface area contributed by atoms with Crippen molar-refractivity contribution in [3.8, 4) is 22.8 Å². The molecule has 0 spiro atoms. The van der Waals surface area contributed by atoms with E-state index in [1.54, 1.807) is 20.4 Å². The normalized spacial score (nSPS) is 11.0. The van der Waals surface area contributed by atoms with Gasteiger partial charge in [0.05, 0.1) is 19.9 Å². The highest BCUT2D eigenvalue weighted by Gasteiger charge is 2.19. The van der Waals surface area contributed by atoms with Gasteiger partial charge in [-0.15, -0.1) is 0 Å². The summed E-state index contributed by atoms with van der Waals surface area (Å²) in [6.45, 7) is 7.13. The predicted octanol–water partition coefficient (Wildman–Crippen LogP) is 7.01. The molecule has 226 valence electrons. The molecule has 0 aliphatic heterocycles. The van der Waals surface area contributed by atoms with Gasteiger partial charge in [0.25, 0.3) is 0 Å². The highest BCUT2D eigenvalue weighted by atomic mass is 16.5. The molecule has 0 unspecified atom stereocenters. The van der Waals surface area contributed by atoms with Crippen molar-refractivity contribution in [2.24, 2.45) is 0 Å². The second-order valence-corrected chi connectivity index (χ2v) is 10.8. The number of benzene rings is 2. The number of methoxy groups -OCH3 is 2. The summed E-state index contributed by atoms with van der Waals surface area (Å²) in [6.07, 6.45) is 6.30. The lowest BCUT2D eigenvalue weighted by atomic mass is 10.0. The maximum Gasteiger partial charge on any atom is 0.320 e.